The molecule has 4 radical (unpaired) electrons. The minimum Gasteiger partial charge on any atom is -0.184 e. The molecule has 0 saturated heterocycles. The molecule has 0 unspecified atom stereocenters. The van der Waals surface area contributed by atoms with Gasteiger partial charge in [-0.15, -0.1) is 0 Å². The van der Waals surface area contributed by atoms with Crippen molar-refractivity contribution in [3.8, 4) is 22.3 Å². The Balaban J connectivity index is 0. The van der Waals surface area contributed by atoms with Gasteiger partial charge in [0.2, 0.25) is 0 Å². The van der Waals surface area contributed by atoms with Crippen LogP contribution in [-0.2, 0) is 131 Å². The van der Waals surface area contributed by atoms with E-state index in [1.807, 2.05) is 52.0 Å². The molecule has 0 atom stereocenters. The number of hydrogen-bond acceptors (Lipinski definition) is 0. The smallest absolute Gasteiger partial charge is 0 e. The Bertz CT molecular complexity index is 831. The predicted molar refractivity (Wildman–Crippen MR) is 118 cm³/mol. The zero-order chi connectivity index (χ0) is 19.9. The molecule has 0 spiro atoms. The summed E-state index contributed by atoms with van der Waals surface area (Å²) in [5.41, 5.74) is 9.49. The van der Waals surface area contributed by atoms with Gasteiger partial charge >= 0.3 is 0 Å². The Morgan fingerprint density at radius 1 is 0.344 bits per heavy atom. The third-order valence-corrected chi connectivity index (χ3v) is 4.54. The zero-order valence-electron chi connectivity index (χ0n) is 19.2. The second-order valence-corrected chi connectivity index (χ2v) is 7.04. The first kappa shape index (κ1) is 35.5. The molecule has 0 aromatic heterocycles. The molecular weight excluding hydrogens is 692 g/mol. The van der Waals surface area contributed by atoms with Gasteiger partial charge in [-0.1, -0.05) is 27.7 Å². The fourth-order valence-electron chi connectivity index (χ4n) is 2.73. The van der Waals surface area contributed by atoms with Crippen LogP contribution >= 0.6 is 0 Å². The van der Waals surface area contributed by atoms with Crippen LogP contribution in [0.1, 0.15) is 22.3 Å². The molecule has 4 rings (SSSR count). The van der Waals surface area contributed by atoms with E-state index in [1.165, 1.54) is 44.5 Å². The first-order valence-corrected chi connectivity index (χ1v) is 9.45. The topological polar surface area (TPSA) is 0 Å². The molecular formula is C28H24Y4-4. The molecule has 152 valence electrons. The van der Waals surface area contributed by atoms with Gasteiger partial charge in [-0.2, -0.15) is 142 Å². The largest absolute Gasteiger partial charge is 0.184 e. The third kappa shape index (κ3) is 11.8. The van der Waals surface area contributed by atoms with E-state index in [0.29, 0.717) is 0 Å². The molecule has 0 aliphatic heterocycles. The van der Waals surface area contributed by atoms with Crippen LogP contribution in [0.25, 0.3) is 22.3 Å². The zero-order valence-corrected chi connectivity index (χ0v) is 30.6. The SMILES string of the molecule is Cc1[c-]cc(-c2c[c-]c(C)cc2)cc1.Cc1[c-]cc(-c2c[c-]c(C)cc2)cc1.[Y].[Y].[Y].[Y]. The summed E-state index contributed by atoms with van der Waals surface area (Å²) in [5, 5.41) is 0. The van der Waals surface area contributed by atoms with Gasteiger partial charge in [0.1, 0.15) is 0 Å². The van der Waals surface area contributed by atoms with E-state index in [9.17, 15) is 0 Å². The fourth-order valence-corrected chi connectivity index (χ4v) is 2.73. The third-order valence-electron chi connectivity index (χ3n) is 4.54. The molecule has 4 aromatic carbocycles. The van der Waals surface area contributed by atoms with Crippen molar-refractivity contribution in [1.29, 1.82) is 0 Å². The fraction of sp³-hybridized carbons (Fsp3) is 0.143. The summed E-state index contributed by atoms with van der Waals surface area (Å²) in [6, 6.07) is 37.7. The van der Waals surface area contributed by atoms with Crippen molar-refractivity contribution in [1.82, 2.24) is 0 Å². The van der Waals surface area contributed by atoms with Gasteiger partial charge in [0.15, 0.2) is 0 Å². The van der Waals surface area contributed by atoms with Gasteiger partial charge in [0.05, 0.1) is 0 Å². The van der Waals surface area contributed by atoms with Crippen molar-refractivity contribution in [2.45, 2.75) is 27.7 Å². The van der Waals surface area contributed by atoms with Crippen LogP contribution in [0.4, 0.5) is 0 Å². The Hall–Kier alpha value is 1.30. The Kier molecular flexibility index (Phi) is 20.6. The summed E-state index contributed by atoms with van der Waals surface area (Å²) >= 11 is 0. The minimum absolute atomic E-state index is 0. The van der Waals surface area contributed by atoms with Crippen LogP contribution in [0.3, 0.4) is 0 Å². The Morgan fingerprint density at radius 3 is 0.656 bits per heavy atom. The van der Waals surface area contributed by atoms with Crippen LogP contribution in [-0.4, -0.2) is 0 Å². The first-order valence-electron chi connectivity index (χ1n) is 9.45. The average Bonchev–Trinajstić information content (AvgIpc) is 2.71. The summed E-state index contributed by atoms with van der Waals surface area (Å²) < 4.78 is 0. The number of hydrogen-bond donors (Lipinski definition) is 0. The molecule has 0 amide bonds. The van der Waals surface area contributed by atoms with Crippen LogP contribution in [0.2, 0.25) is 0 Å². The molecule has 0 nitrogen and oxygen atoms in total. The molecule has 0 saturated carbocycles. The van der Waals surface area contributed by atoms with Crippen molar-refractivity contribution in [2.24, 2.45) is 0 Å². The minimum atomic E-state index is 0. The summed E-state index contributed by atoms with van der Waals surface area (Å²) in [6.45, 7) is 8.19. The summed E-state index contributed by atoms with van der Waals surface area (Å²) in [6.07, 6.45) is 0. The normalized spacial score (nSPS) is 8.88. The average molecular weight is 716 g/mol. The second kappa shape index (κ2) is 18.5. The molecule has 0 fully saturated rings. The van der Waals surface area contributed by atoms with Gasteiger partial charge in [-0.05, 0) is 0 Å². The molecule has 0 aliphatic rings. The standard InChI is InChI=1S/2C14H12.4Y/c2*1-11-3-7-13(8-4-11)14-9-5-12(2)6-10-14;;;;/h2*3,5,7-10H,1-2H3;;;;/q2*-2;;;;. The van der Waals surface area contributed by atoms with Crippen LogP contribution < -0.4 is 0 Å². The molecule has 0 heterocycles. The summed E-state index contributed by atoms with van der Waals surface area (Å²) in [4.78, 5) is 0. The number of benzene rings is 4. The van der Waals surface area contributed by atoms with Gasteiger partial charge in [0, 0.05) is 131 Å². The summed E-state index contributed by atoms with van der Waals surface area (Å²) in [7, 11) is 0. The Labute approximate surface area is 295 Å². The molecule has 4 aromatic rings. The first-order chi connectivity index (χ1) is 13.5. The van der Waals surface area contributed by atoms with E-state index in [0.717, 1.165) is 0 Å². The van der Waals surface area contributed by atoms with Crippen LogP contribution in [0.15, 0.2) is 72.8 Å². The maximum atomic E-state index is 3.20. The van der Waals surface area contributed by atoms with E-state index in [1.54, 1.807) is 0 Å². The summed E-state index contributed by atoms with van der Waals surface area (Å²) in [5.74, 6) is 0. The molecule has 32 heavy (non-hydrogen) atoms. The van der Waals surface area contributed by atoms with Crippen molar-refractivity contribution in [3.63, 3.8) is 0 Å². The monoisotopic (exact) mass is 716 g/mol. The second-order valence-electron chi connectivity index (χ2n) is 7.04. The van der Waals surface area contributed by atoms with Gasteiger partial charge in [-0.25, -0.2) is 0 Å². The van der Waals surface area contributed by atoms with E-state index < -0.39 is 0 Å². The van der Waals surface area contributed by atoms with Crippen molar-refractivity contribution >= 4 is 0 Å². The van der Waals surface area contributed by atoms with Crippen molar-refractivity contribution < 1.29 is 131 Å². The number of aryl methyl sites for hydroxylation is 4. The van der Waals surface area contributed by atoms with Crippen molar-refractivity contribution in [2.75, 3.05) is 0 Å². The van der Waals surface area contributed by atoms with Gasteiger partial charge in [0.25, 0.3) is 0 Å². The van der Waals surface area contributed by atoms with Gasteiger partial charge < -0.3 is 0 Å². The molecule has 0 bridgehead atoms. The van der Waals surface area contributed by atoms with E-state index in [-0.39, 0.29) is 131 Å². The Morgan fingerprint density at radius 2 is 0.531 bits per heavy atom. The predicted octanol–water partition coefficient (Wildman–Crippen LogP) is 7.13. The van der Waals surface area contributed by atoms with E-state index in [4.69, 9.17) is 0 Å². The van der Waals surface area contributed by atoms with Crippen LogP contribution in [0, 0.1) is 52.0 Å². The van der Waals surface area contributed by atoms with Crippen molar-refractivity contribution in [3.05, 3.63) is 119 Å². The maximum Gasteiger partial charge on any atom is 0 e. The molecule has 0 aliphatic carbocycles. The van der Waals surface area contributed by atoms with E-state index >= 15 is 0 Å². The van der Waals surface area contributed by atoms with Crippen LogP contribution in [0.5, 0.6) is 0 Å². The van der Waals surface area contributed by atoms with Gasteiger partial charge in [-0.3, -0.25) is 0 Å². The molecule has 0 N–H and O–H groups in total. The molecule has 4 heteroatoms. The quantitative estimate of drug-likeness (QED) is 0.194. The number of rotatable bonds is 2. The van der Waals surface area contributed by atoms with E-state index in [2.05, 4.69) is 72.8 Å². The maximum absolute atomic E-state index is 3.20.